The Balaban J connectivity index is 3.08. The van der Waals surface area contributed by atoms with Crippen LogP contribution in [0.1, 0.15) is 33.6 Å². The van der Waals surface area contributed by atoms with Gasteiger partial charge in [0.2, 0.25) is 5.91 Å². The summed E-state index contributed by atoms with van der Waals surface area (Å²) in [5.74, 6) is -4.28. The van der Waals surface area contributed by atoms with Crippen LogP contribution in [0.3, 0.4) is 0 Å². The van der Waals surface area contributed by atoms with Gasteiger partial charge in [-0.3, -0.25) is 4.79 Å². The summed E-state index contributed by atoms with van der Waals surface area (Å²) in [7, 11) is 0. The molecule has 10 nitrogen and oxygen atoms in total. The van der Waals surface area contributed by atoms with Gasteiger partial charge in [-0.1, -0.05) is 6.92 Å². The van der Waals surface area contributed by atoms with E-state index in [4.69, 9.17) is 14.6 Å². The number of rotatable bonds is 7. The predicted octanol–water partition coefficient (Wildman–Crippen LogP) is -2.61. The van der Waals surface area contributed by atoms with Crippen molar-refractivity contribution >= 4 is 11.9 Å². The highest BCUT2D eigenvalue weighted by Gasteiger charge is 2.54. The molecule has 0 aromatic rings. The van der Waals surface area contributed by atoms with Crippen LogP contribution < -0.4 is 5.32 Å². The molecule has 146 valence electrons. The van der Waals surface area contributed by atoms with E-state index in [1.54, 1.807) is 13.8 Å². The minimum absolute atomic E-state index is 0.480. The molecular formula is C15H27NO9. The third kappa shape index (κ3) is 5.33. The lowest BCUT2D eigenvalue weighted by Gasteiger charge is -2.45. The number of carbonyl (C=O) groups is 2. The molecule has 0 radical (unpaired) electrons. The lowest BCUT2D eigenvalue weighted by atomic mass is 9.88. The van der Waals surface area contributed by atoms with Crippen molar-refractivity contribution in [2.24, 2.45) is 0 Å². The average Bonchev–Trinajstić information content (AvgIpc) is 2.55. The summed E-state index contributed by atoms with van der Waals surface area (Å²) in [5, 5.41) is 51.8. The molecule has 0 aromatic carbocycles. The van der Waals surface area contributed by atoms with Gasteiger partial charge in [0, 0.05) is 13.3 Å². The standard InChI is InChI=1S/C15H27NO9/c1-4-7(2)24-14(22)15(23)5-9(19)11(16-8(3)18)13(25-15)12(21)10(20)6-17/h7,9-13,17,19-21,23H,4-6H2,1-3H3,(H,16,18)/t7?,9-,10+,11+,12+,13+,15?/m0/s1. The van der Waals surface area contributed by atoms with Gasteiger partial charge in [-0.25, -0.2) is 4.79 Å². The summed E-state index contributed by atoms with van der Waals surface area (Å²) in [6.45, 7) is 3.69. The van der Waals surface area contributed by atoms with Crippen molar-refractivity contribution in [2.75, 3.05) is 6.61 Å². The largest absolute Gasteiger partial charge is 0.459 e. The van der Waals surface area contributed by atoms with E-state index >= 15 is 0 Å². The number of aliphatic hydroxyl groups excluding tert-OH is 4. The fourth-order valence-electron chi connectivity index (χ4n) is 2.49. The first-order chi connectivity index (χ1) is 11.6. The van der Waals surface area contributed by atoms with Crippen molar-refractivity contribution in [3.63, 3.8) is 0 Å². The minimum atomic E-state index is -2.57. The summed E-state index contributed by atoms with van der Waals surface area (Å²) >= 11 is 0. The van der Waals surface area contributed by atoms with Crippen LogP contribution in [0.25, 0.3) is 0 Å². The van der Waals surface area contributed by atoms with Crippen LogP contribution in [0.15, 0.2) is 0 Å². The second-order valence-corrected chi connectivity index (χ2v) is 6.23. The Morgan fingerprint density at radius 3 is 2.48 bits per heavy atom. The fourth-order valence-corrected chi connectivity index (χ4v) is 2.49. The van der Waals surface area contributed by atoms with E-state index in [2.05, 4.69) is 5.32 Å². The van der Waals surface area contributed by atoms with Gasteiger partial charge >= 0.3 is 5.97 Å². The van der Waals surface area contributed by atoms with E-state index in [1.807, 2.05) is 0 Å². The van der Waals surface area contributed by atoms with Crippen LogP contribution in [0, 0.1) is 0 Å². The first-order valence-corrected chi connectivity index (χ1v) is 8.09. The molecule has 2 unspecified atom stereocenters. The Morgan fingerprint density at radius 2 is 2.00 bits per heavy atom. The third-order valence-corrected chi connectivity index (χ3v) is 4.08. The molecule has 1 heterocycles. The van der Waals surface area contributed by atoms with E-state index in [1.165, 1.54) is 0 Å². The Hall–Kier alpha value is -1.30. The quantitative estimate of drug-likeness (QED) is 0.265. The topological polar surface area (TPSA) is 166 Å². The Morgan fingerprint density at radius 1 is 1.40 bits per heavy atom. The first-order valence-electron chi connectivity index (χ1n) is 8.09. The number of ether oxygens (including phenoxy) is 2. The maximum absolute atomic E-state index is 12.2. The smallest absolute Gasteiger partial charge is 0.367 e. The summed E-state index contributed by atoms with van der Waals surface area (Å²) < 4.78 is 10.3. The van der Waals surface area contributed by atoms with Gasteiger partial charge in [0.15, 0.2) is 0 Å². The van der Waals surface area contributed by atoms with Crippen molar-refractivity contribution in [2.45, 2.75) is 76.0 Å². The molecule has 1 fully saturated rings. The molecule has 0 aromatic heterocycles. The van der Waals surface area contributed by atoms with Gasteiger partial charge < -0.3 is 40.3 Å². The fraction of sp³-hybridized carbons (Fsp3) is 0.867. The molecule has 6 N–H and O–H groups in total. The van der Waals surface area contributed by atoms with Gasteiger partial charge in [0.1, 0.15) is 18.3 Å². The highest BCUT2D eigenvalue weighted by Crippen LogP contribution is 2.31. The van der Waals surface area contributed by atoms with Gasteiger partial charge in [0.25, 0.3) is 5.79 Å². The number of amides is 1. The number of hydrogen-bond donors (Lipinski definition) is 6. The molecule has 1 saturated heterocycles. The zero-order chi connectivity index (χ0) is 19.4. The van der Waals surface area contributed by atoms with Crippen molar-refractivity contribution < 1.29 is 44.6 Å². The second-order valence-electron chi connectivity index (χ2n) is 6.23. The SMILES string of the molecule is CCC(C)OC(=O)C1(O)C[C@H](O)[C@@H](NC(C)=O)[C@H]([C@H](O)[C@H](O)CO)O1. The van der Waals surface area contributed by atoms with Gasteiger partial charge in [-0.15, -0.1) is 0 Å². The predicted molar refractivity (Wildman–Crippen MR) is 83.0 cm³/mol. The number of hydrogen-bond acceptors (Lipinski definition) is 9. The van der Waals surface area contributed by atoms with Crippen molar-refractivity contribution in [3.8, 4) is 0 Å². The van der Waals surface area contributed by atoms with Crippen molar-refractivity contribution in [1.82, 2.24) is 5.32 Å². The molecular weight excluding hydrogens is 338 g/mol. The number of esters is 1. The van der Waals surface area contributed by atoms with E-state index in [0.717, 1.165) is 6.92 Å². The zero-order valence-corrected chi connectivity index (χ0v) is 14.5. The molecule has 10 heteroatoms. The minimum Gasteiger partial charge on any atom is -0.459 e. The molecule has 0 saturated carbocycles. The summed E-state index contributed by atoms with van der Waals surface area (Å²) in [5.41, 5.74) is 0. The van der Waals surface area contributed by atoms with Crippen LogP contribution in [-0.2, 0) is 19.1 Å². The van der Waals surface area contributed by atoms with Gasteiger partial charge in [0.05, 0.1) is 24.9 Å². The van der Waals surface area contributed by atoms with Crippen LogP contribution >= 0.6 is 0 Å². The normalized spacial score (nSPS) is 33.2. The van der Waals surface area contributed by atoms with Crippen LogP contribution in [-0.4, -0.2) is 86.4 Å². The third-order valence-electron chi connectivity index (χ3n) is 4.08. The molecule has 25 heavy (non-hydrogen) atoms. The first kappa shape index (κ1) is 21.7. The molecule has 1 rings (SSSR count). The van der Waals surface area contributed by atoms with Crippen LogP contribution in [0.5, 0.6) is 0 Å². The Labute approximate surface area is 145 Å². The summed E-state index contributed by atoms with van der Waals surface area (Å²) in [4.78, 5) is 23.5. The van der Waals surface area contributed by atoms with Crippen LogP contribution in [0.4, 0.5) is 0 Å². The molecule has 7 atom stereocenters. The molecule has 1 aliphatic rings. The molecule has 1 aliphatic heterocycles. The van der Waals surface area contributed by atoms with Gasteiger partial charge in [-0.2, -0.15) is 0 Å². The Kier molecular flexibility index (Phi) is 7.72. The highest BCUT2D eigenvalue weighted by molar-refractivity contribution is 5.78. The maximum atomic E-state index is 12.2. The van der Waals surface area contributed by atoms with E-state index in [-0.39, 0.29) is 0 Å². The lowest BCUT2D eigenvalue weighted by Crippen LogP contribution is -2.67. The van der Waals surface area contributed by atoms with Crippen molar-refractivity contribution in [3.05, 3.63) is 0 Å². The summed E-state index contributed by atoms with van der Waals surface area (Å²) in [6.07, 6.45) is -7.15. The molecule has 0 bridgehead atoms. The van der Waals surface area contributed by atoms with Crippen LogP contribution in [0.2, 0.25) is 0 Å². The van der Waals surface area contributed by atoms with E-state index in [9.17, 15) is 30.0 Å². The number of nitrogens with one attached hydrogen (secondary N) is 1. The van der Waals surface area contributed by atoms with Gasteiger partial charge in [-0.05, 0) is 13.3 Å². The molecule has 1 amide bonds. The van der Waals surface area contributed by atoms with E-state index in [0.29, 0.717) is 6.42 Å². The average molecular weight is 365 g/mol. The lowest BCUT2D eigenvalue weighted by molar-refractivity contribution is -0.298. The number of aliphatic hydroxyl groups is 5. The monoisotopic (exact) mass is 365 g/mol. The highest BCUT2D eigenvalue weighted by atomic mass is 16.7. The van der Waals surface area contributed by atoms with Crippen molar-refractivity contribution in [1.29, 1.82) is 0 Å². The number of carbonyl (C=O) groups excluding carboxylic acids is 2. The zero-order valence-electron chi connectivity index (χ0n) is 14.5. The summed E-state index contributed by atoms with van der Waals surface area (Å²) in [6, 6.07) is -1.22. The molecule has 0 aliphatic carbocycles. The Bertz CT molecular complexity index is 474. The van der Waals surface area contributed by atoms with E-state index < -0.39 is 67.3 Å². The maximum Gasteiger partial charge on any atom is 0.367 e. The molecule has 0 spiro atoms. The second kappa shape index (κ2) is 8.88.